The summed E-state index contributed by atoms with van der Waals surface area (Å²) in [4.78, 5) is 0. The average Bonchev–Trinajstić information content (AvgIpc) is 1.84. The number of hydrogen-bond donors (Lipinski definition) is 1. The van der Waals surface area contributed by atoms with Gasteiger partial charge < -0.3 is 0 Å². The van der Waals surface area contributed by atoms with E-state index in [0.717, 1.165) is 8.87 Å². The summed E-state index contributed by atoms with van der Waals surface area (Å²) in [5.74, 6) is 0. The van der Waals surface area contributed by atoms with Crippen LogP contribution in [-0.2, 0) is 0 Å². The fraction of sp³-hybridized carbons (Fsp3) is 1.00. The molecule has 0 aliphatic rings. The summed E-state index contributed by atoms with van der Waals surface area (Å²) in [6.45, 7) is 10.8. The third-order valence-electron chi connectivity index (χ3n) is 2.57. The zero-order chi connectivity index (χ0) is 8.41. The van der Waals surface area contributed by atoms with E-state index in [9.17, 15) is 3.44 Å². The van der Waals surface area contributed by atoms with Crippen LogP contribution in [0.3, 0.4) is 0 Å². The Hall–Kier alpha value is 0.759. The van der Waals surface area contributed by atoms with Gasteiger partial charge in [0, 0.05) is 0 Å². The van der Waals surface area contributed by atoms with Crippen molar-refractivity contribution < 1.29 is 3.44 Å². The summed E-state index contributed by atoms with van der Waals surface area (Å²) in [7, 11) is 0. The Balaban J connectivity index is 4.33. The number of hydrogen-bond acceptors (Lipinski definition) is 1. The van der Waals surface area contributed by atoms with Crippen LogP contribution in [0.15, 0.2) is 0 Å². The van der Waals surface area contributed by atoms with Crippen molar-refractivity contribution in [2.75, 3.05) is 0 Å². The minimum atomic E-state index is -2.63. The summed E-state index contributed by atoms with van der Waals surface area (Å²) in [6.07, 6.45) is 0. The Kier molecular flexibility index (Phi) is 3.70. The van der Waals surface area contributed by atoms with Crippen molar-refractivity contribution >= 4 is 18.8 Å². The zero-order valence-corrected chi connectivity index (χ0v) is 10.7. The van der Waals surface area contributed by atoms with E-state index in [1.807, 2.05) is 0 Å². The molecule has 0 spiro atoms. The van der Waals surface area contributed by atoms with E-state index >= 15 is 0 Å². The van der Waals surface area contributed by atoms with E-state index in [1.165, 1.54) is 0 Å². The van der Waals surface area contributed by atoms with Gasteiger partial charge >= 0.3 is 69.2 Å². The van der Waals surface area contributed by atoms with Crippen LogP contribution in [0.4, 0.5) is 0 Å². The van der Waals surface area contributed by atoms with E-state index in [4.69, 9.17) is 0 Å². The zero-order valence-electron chi connectivity index (χ0n) is 7.86. The van der Waals surface area contributed by atoms with Gasteiger partial charge in [-0.15, -0.1) is 0 Å². The second kappa shape index (κ2) is 3.44. The standard InChI is InChI=1S/C4H9.2C2H5.H2O.Sn/c1-4(2)3;2*1-2;;/h1-3H3;2*1H2,2H3;1H2;/q;;;;+1/p-1. The van der Waals surface area contributed by atoms with Crippen LogP contribution in [0.25, 0.3) is 0 Å². The predicted molar refractivity (Wildman–Crippen MR) is 48.6 cm³/mol. The Morgan fingerprint density at radius 2 is 1.40 bits per heavy atom. The van der Waals surface area contributed by atoms with Crippen molar-refractivity contribution in [2.45, 2.75) is 46.9 Å². The molecule has 2 heteroatoms. The van der Waals surface area contributed by atoms with Gasteiger partial charge in [-0.1, -0.05) is 0 Å². The molecule has 10 heavy (non-hydrogen) atoms. The van der Waals surface area contributed by atoms with Crippen molar-refractivity contribution in [1.29, 1.82) is 0 Å². The molecule has 0 fully saturated rings. The Bertz CT molecular complexity index is 100. The first-order valence-electron chi connectivity index (χ1n) is 4.09. The SMILES string of the molecule is C[CH2][Sn]([OH])([CH2]C)[C](C)(C)C. The van der Waals surface area contributed by atoms with Crippen LogP contribution in [0, 0.1) is 0 Å². The van der Waals surface area contributed by atoms with Crippen molar-refractivity contribution in [3.63, 3.8) is 0 Å². The van der Waals surface area contributed by atoms with Crippen LogP contribution in [0.2, 0.25) is 12.3 Å². The van der Waals surface area contributed by atoms with E-state index in [0.29, 0.717) is 0 Å². The van der Waals surface area contributed by atoms with Gasteiger partial charge in [-0.3, -0.25) is 0 Å². The van der Waals surface area contributed by atoms with Gasteiger partial charge in [0.15, 0.2) is 0 Å². The molecule has 0 saturated carbocycles. The molecule has 0 radical (unpaired) electrons. The topological polar surface area (TPSA) is 20.2 Å². The third-order valence-corrected chi connectivity index (χ3v) is 17.2. The monoisotopic (exact) mass is 252 g/mol. The Morgan fingerprint density at radius 1 is 1.10 bits per heavy atom. The van der Waals surface area contributed by atoms with Crippen LogP contribution in [-0.4, -0.2) is 22.2 Å². The van der Waals surface area contributed by atoms with Gasteiger partial charge in [-0.25, -0.2) is 0 Å². The van der Waals surface area contributed by atoms with E-state index < -0.39 is 18.8 Å². The van der Waals surface area contributed by atoms with Crippen molar-refractivity contribution in [3.05, 3.63) is 0 Å². The Morgan fingerprint density at radius 3 is 1.40 bits per heavy atom. The molecule has 1 nitrogen and oxygen atoms in total. The van der Waals surface area contributed by atoms with Crippen LogP contribution in [0.1, 0.15) is 34.6 Å². The molecule has 0 aliphatic heterocycles. The normalized spacial score (nSPS) is 13.8. The Labute approximate surface area is 69.3 Å². The molecule has 0 heterocycles. The van der Waals surface area contributed by atoms with E-state index in [1.54, 1.807) is 0 Å². The molecule has 0 aromatic heterocycles. The molecule has 0 atom stereocenters. The molecule has 0 unspecified atom stereocenters. The first-order chi connectivity index (χ1) is 4.37. The van der Waals surface area contributed by atoms with Crippen molar-refractivity contribution in [2.24, 2.45) is 0 Å². The maximum atomic E-state index is 10.2. The summed E-state index contributed by atoms with van der Waals surface area (Å²) in [5, 5.41) is 0. The van der Waals surface area contributed by atoms with Crippen LogP contribution in [0.5, 0.6) is 0 Å². The van der Waals surface area contributed by atoms with Gasteiger partial charge in [-0.2, -0.15) is 0 Å². The van der Waals surface area contributed by atoms with Gasteiger partial charge in [0.1, 0.15) is 0 Å². The van der Waals surface area contributed by atoms with E-state index in [-0.39, 0.29) is 3.43 Å². The molecule has 0 aromatic carbocycles. The van der Waals surface area contributed by atoms with Crippen LogP contribution < -0.4 is 0 Å². The van der Waals surface area contributed by atoms with Gasteiger partial charge in [-0.05, 0) is 0 Å². The molecule has 62 valence electrons. The second-order valence-electron chi connectivity index (χ2n) is 3.99. The average molecular weight is 251 g/mol. The molecule has 0 amide bonds. The quantitative estimate of drug-likeness (QED) is 0.748. The third kappa shape index (κ3) is 2.12. The van der Waals surface area contributed by atoms with Crippen LogP contribution >= 0.6 is 0 Å². The summed E-state index contributed by atoms with van der Waals surface area (Å²) >= 11 is -2.63. The molecule has 0 aliphatic carbocycles. The molecule has 0 rings (SSSR count). The fourth-order valence-corrected chi connectivity index (χ4v) is 8.79. The van der Waals surface area contributed by atoms with Gasteiger partial charge in [0.05, 0.1) is 0 Å². The molecular formula is C8H20OSn. The molecule has 1 N–H and O–H groups in total. The fourth-order valence-electron chi connectivity index (χ4n) is 1.31. The summed E-state index contributed by atoms with van der Waals surface area (Å²) in [6, 6.07) is 0. The molecule has 0 bridgehead atoms. The molecule has 0 saturated heterocycles. The summed E-state index contributed by atoms with van der Waals surface area (Å²) in [5.41, 5.74) is 0. The van der Waals surface area contributed by atoms with E-state index in [2.05, 4.69) is 34.6 Å². The van der Waals surface area contributed by atoms with Crippen molar-refractivity contribution in [1.82, 2.24) is 0 Å². The first-order valence-corrected chi connectivity index (χ1v) is 10.8. The van der Waals surface area contributed by atoms with Gasteiger partial charge in [0.2, 0.25) is 0 Å². The number of rotatable bonds is 2. The molecular weight excluding hydrogens is 231 g/mol. The first kappa shape index (κ1) is 10.8. The summed E-state index contributed by atoms with van der Waals surface area (Å²) < 4.78 is 12.5. The van der Waals surface area contributed by atoms with Crippen molar-refractivity contribution in [3.8, 4) is 0 Å². The second-order valence-corrected chi connectivity index (χ2v) is 18.2. The van der Waals surface area contributed by atoms with Gasteiger partial charge in [0.25, 0.3) is 0 Å². The maximum absolute atomic E-state index is 10.2. The molecule has 0 aromatic rings. The predicted octanol–water partition coefficient (Wildman–Crippen LogP) is 2.76. The minimum absolute atomic E-state index is 0.220.